The highest BCUT2D eigenvalue weighted by Gasteiger charge is 2.38. The van der Waals surface area contributed by atoms with Crippen molar-refractivity contribution >= 4 is 5.91 Å². The molecule has 1 aromatic carbocycles. The summed E-state index contributed by atoms with van der Waals surface area (Å²) in [6, 6.07) is 10.5. The van der Waals surface area contributed by atoms with Crippen LogP contribution in [0.1, 0.15) is 18.4 Å². The third kappa shape index (κ3) is 2.96. The van der Waals surface area contributed by atoms with Crippen LogP contribution in [0.25, 0.3) is 0 Å². The fourth-order valence-electron chi connectivity index (χ4n) is 2.96. The number of morpholine rings is 1. The van der Waals surface area contributed by atoms with Gasteiger partial charge in [-0.3, -0.25) is 9.69 Å². The van der Waals surface area contributed by atoms with Crippen molar-refractivity contribution in [3.63, 3.8) is 0 Å². The number of likely N-dealkylation sites (tertiary alicyclic amines) is 1. The molecule has 0 aromatic heterocycles. The monoisotopic (exact) mass is 260 g/mol. The minimum Gasteiger partial charge on any atom is -0.369 e. The highest BCUT2D eigenvalue weighted by Crippen LogP contribution is 2.25. The number of rotatable bonds is 2. The van der Waals surface area contributed by atoms with Gasteiger partial charge in [-0.1, -0.05) is 30.3 Å². The van der Waals surface area contributed by atoms with Gasteiger partial charge in [0.05, 0.1) is 12.1 Å². The van der Waals surface area contributed by atoms with Crippen LogP contribution in [0.15, 0.2) is 30.3 Å². The van der Waals surface area contributed by atoms with Gasteiger partial charge in [0.25, 0.3) is 0 Å². The predicted molar refractivity (Wildman–Crippen MR) is 72.6 cm³/mol. The Morgan fingerprint density at radius 1 is 1.21 bits per heavy atom. The Balaban J connectivity index is 1.56. The maximum absolute atomic E-state index is 11.5. The summed E-state index contributed by atoms with van der Waals surface area (Å²) >= 11 is 0. The van der Waals surface area contributed by atoms with Crippen molar-refractivity contribution in [3.05, 3.63) is 35.9 Å². The molecule has 1 N–H and O–H groups in total. The van der Waals surface area contributed by atoms with E-state index in [9.17, 15) is 4.79 Å². The summed E-state index contributed by atoms with van der Waals surface area (Å²) in [5, 5.41) is 3.13. The van der Waals surface area contributed by atoms with Crippen LogP contribution < -0.4 is 5.32 Å². The third-order valence-electron chi connectivity index (χ3n) is 4.08. The number of carbonyl (C=O) groups is 1. The molecule has 19 heavy (non-hydrogen) atoms. The van der Waals surface area contributed by atoms with Crippen molar-refractivity contribution < 1.29 is 9.53 Å². The zero-order valence-electron chi connectivity index (χ0n) is 11.1. The summed E-state index contributed by atoms with van der Waals surface area (Å²) in [6.45, 7) is 3.90. The molecule has 102 valence electrons. The van der Waals surface area contributed by atoms with Crippen molar-refractivity contribution in [2.75, 3.05) is 26.3 Å². The Bertz CT molecular complexity index is 439. The van der Waals surface area contributed by atoms with Gasteiger partial charge in [0, 0.05) is 19.6 Å². The molecule has 0 bridgehead atoms. The largest absolute Gasteiger partial charge is 0.369 e. The fourth-order valence-corrected chi connectivity index (χ4v) is 2.96. The lowest BCUT2D eigenvalue weighted by molar-refractivity contribution is -0.137. The van der Waals surface area contributed by atoms with Crippen molar-refractivity contribution in [2.24, 2.45) is 0 Å². The Kier molecular flexibility index (Phi) is 3.53. The maximum Gasteiger partial charge on any atom is 0.246 e. The molecule has 3 rings (SSSR count). The zero-order chi connectivity index (χ0) is 13.1. The van der Waals surface area contributed by atoms with Crippen LogP contribution in [0.5, 0.6) is 0 Å². The van der Waals surface area contributed by atoms with Crippen molar-refractivity contribution in [3.8, 4) is 0 Å². The Hall–Kier alpha value is -1.39. The first kappa shape index (κ1) is 12.6. The number of hydrogen-bond donors (Lipinski definition) is 1. The first-order chi connectivity index (χ1) is 9.26. The van der Waals surface area contributed by atoms with Crippen LogP contribution in [0.2, 0.25) is 0 Å². The smallest absolute Gasteiger partial charge is 0.246 e. The first-order valence-electron chi connectivity index (χ1n) is 6.91. The minimum absolute atomic E-state index is 0.0303. The van der Waals surface area contributed by atoms with Gasteiger partial charge < -0.3 is 10.1 Å². The Morgan fingerprint density at radius 2 is 1.95 bits per heavy atom. The van der Waals surface area contributed by atoms with E-state index < -0.39 is 0 Å². The second-order valence-electron chi connectivity index (χ2n) is 5.58. The number of carbonyl (C=O) groups excluding carboxylic acids is 1. The van der Waals surface area contributed by atoms with Crippen LogP contribution in [0.3, 0.4) is 0 Å². The van der Waals surface area contributed by atoms with Crippen LogP contribution >= 0.6 is 0 Å². The third-order valence-corrected chi connectivity index (χ3v) is 4.08. The van der Waals surface area contributed by atoms with Crippen molar-refractivity contribution in [1.29, 1.82) is 0 Å². The normalized spacial score (nSPS) is 23.3. The van der Waals surface area contributed by atoms with E-state index in [0.29, 0.717) is 6.61 Å². The molecule has 4 heteroatoms. The van der Waals surface area contributed by atoms with Gasteiger partial charge in [0.15, 0.2) is 0 Å². The maximum atomic E-state index is 11.5. The molecule has 0 unspecified atom stereocenters. The molecule has 2 aliphatic rings. The van der Waals surface area contributed by atoms with Gasteiger partial charge in [-0.15, -0.1) is 0 Å². The molecule has 1 amide bonds. The number of benzene rings is 1. The molecule has 2 aliphatic heterocycles. The molecular weight excluding hydrogens is 240 g/mol. The van der Waals surface area contributed by atoms with Crippen LogP contribution in [-0.4, -0.2) is 42.6 Å². The molecule has 2 fully saturated rings. The lowest BCUT2D eigenvalue weighted by Crippen LogP contribution is -2.61. The summed E-state index contributed by atoms with van der Waals surface area (Å²) in [5.41, 5.74) is 1.24. The van der Waals surface area contributed by atoms with Gasteiger partial charge in [0.2, 0.25) is 5.91 Å². The van der Waals surface area contributed by atoms with Gasteiger partial charge in [0.1, 0.15) is 6.61 Å². The van der Waals surface area contributed by atoms with E-state index in [0.717, 1.165) is 32.5 Å². The van der Waals surface area contributed by atoms with E-state index in [1.165, 1.54) is 5.56 Å². The predicted octanol–water partition coefficient (Wildman–Crippen LogP) is 1.17. The fraction of sp³-hybridized carbons (Fsp3) is 0.533. The summed E-state index contributed by atoms with van der Waals surface area (Å²) in [4.78, 5) is 13.9. The van der Waals surface area contributed by atoms with Gasteiger partial charge >= 0.3 is 0 Å². The average molecular weight is 260 g/mol. The lowest BCUT2D eigenvalue weighted by atomic mass is 9.87. The molecule has 1 spiro atoms. The van der Waals surface area contributed by atoms with Crippen molar-refractivity contribution in [2.45, 2.75) is 24.9 Å². The Morgan fingerprint density at radius 3 is 2.63 bits per heavy atom. The Labute approximate surface area is 113 Å². The highest BCUT2D eigenvalue weighted by molar-refractivity contribution is 5.78. The summed E-state index contributed by atoms with van der Waals surface area (Å²) in [7, 11) is 0. The summed E-state index contributed by atoms with van der Waals surface area (Å²) in [5.74, 6) is 0.0303. The molecular formula is C15H20N2O2. The molecule has 4 nitrogen and oxygen atoms in total. The number of amides is 1. The zero-order valence-corrected chi connectivity index (χ0v) is 11.1. The van der Waals surface area contributed by atoms with Gasteiger partial charge in [-0.05, 0) is 18.4 Å². The molecule has 2 saturated heterocycles. The highest BCUT2D eigenvalue weighted by atomic mass is 16.5. The molecule has 1 aromatic rings. The number of piperidine rings is 1. The van der Waals surface area contributed by atoms with Crippen LogP contribution in [0.4, 0.5) is 0 Å². The second kappa shape index (κ2) is 5.31. The second-order valence-corrected chi connectivity index (χ2v) is 5.58. The minimum atomic E-state index is -0.109. The lowest BCUT2D eigenvalue weighted by Gasteiger charge is -2.44. The van der Waals surface area contributed by atoms with E-state index in [2.05, 4.69) is 34.5 Å². The SMILES string of the molecule is O=C1COCC2(CCN(Cc3ccccc3)CC2)N1. The standard InChI is InChI=1S/C15H20N2O2/c18-14-11-19-12-15(16-14)6-8-17(9-7-15)10-13-4-2-1-3-5-13/h1-5H,6-12H2,(H,16,18). The molecule has 2 heterocycles. The van der Waals surface area contributed by atoms with Crippen LogP contribution in [-0.2, 0) is 16.1 Å². The topological polar surface area (TPSA) is 41.6 Å². The van der Waals surface area contributed by atoms with Gasteiger partial charge in [-0.2, -0.15) is 0 Å². The van der Waals surface area contributed by atoms with E-state index in [-0.39, 0.29) is 18.1 Å². The van der Waals surface area contributed by atoms with E-state index in [1.807, 2.05) is 6.07 Å². The quantitative estimate of drug-likeness (QED) is 0.868. The molecule has 0 atom stereocenters. The molecule has 0 aliphatic carbocycles. The van der Waals surface area contributed by atoms with E-state index in [4.69, 9.17) is 4.74 Å². The summed E-state index contributed by atoms with van der Waals surface area (Å²) < 4.78 is 5.40. The number of nitrogens with one attached hydrogen (secondary N) is 1. The van der Waals surface area contributed by atoms with Crippen LogP contribution in [0, 0.1) is 0 Å². The average Bonchev–Trinajstić information content (AvgIpc) is 2.43. The number of hydrogen-bond acceptors (Lipinski definition) is 3. The number of nitrogens with zero attached hydrogens (tertiary/aromatic N) is 1. The summed E-state index contributed by atoms with van der Waals surface area (Å²) in [6.07, 6.45) is 1.96. The van der Waals surface area contributed by atoms with E-state index >= 15 is 0 Å². The van der Waals surface area contributed by atoms with E-state index in [1.54, 1.807) is 0 Å². The first-order valence-corrected chi connectivity index (χ1v) is 6.91. The molecule has 0 radical (unpaired) electrons. The molecule has 0 saturated carbocycles. The van der Waals surface area contributed by atoms with Gasteiger partial charge in [-0.25, -0.2) is 0 Å². The van der Waals surface area contributed by atoms with Crippen molar-refractivity contribution in [1.82, 2.24) is 10.2 Å². The number of ether oxygens (including phenoxy) is 1.